The van der Waals surface area contributed by atoms with E-state index in [1.807, 2.05) is 0 Å². The summed E-state index contributed by atoms with van der Waals surface area (Å²) in [7, 11) is -4.37. The largest absolute Gasteiger partial charge is 0.472 e. The van der Waals surface area contributed by atoms with Gasteiger partial charge in [0.25, 0.3) is 0 Å². The summed E-state index contributed by atoms with van der Waals surface area (Å²) in [5.74, 6) is -0.813. The zero-order valence-electron chi connectivity index (χ0n) is 44.2. The summed E-state index contributed by atoms with van der Waals surface area (Å²) in [5.41, 5.74) is 5.37. The van der Waals surface area contributed by atoms with Crippen molar-refractivity contribution in [2.24, 2.45) is 5.73 Å². The molecule has 2 unspecified atom stereocenters. The second kappa shape index (κ2) is 53.8. The standard InChI is InChI=1S/C57H110NO8P/c1-3-5-7-9-11-13-15-16-17-18-19-20-21-22-23-24-25-26-27-28-29-30-31-32-33-34-35-36-37-38-40-42-44-46-48-50-57(60)66-55(54-65-67(61,62)64-52-51-58)53-63-56(59)49-47-45-43-41-39-14-12-10-8-6-4-2/h15-16,18-19,55H,3-14,17,20-54,58H2,1-2H3,(H,61,62)/b16-15-,19-18-. The number of allylic oxidation sites excluding steroid dienone is 4. The summed E-state index contributed by atoms with van der Waals surface area (Å²) in [5, 5.41) is 0. The number of ether oxygens (including phenoxy) is 2. The Morgan fingerprint density at radius 2 is 0.776 bits per heavy atom. The molecular formula is C57H110NO8P. The number of hydrogen-bond acceptors (Lipinski definition) is 8. The van der Waals surface area contributed by atoms with Crippen molar-refractivity contribution in [1.29, 1.82) is 0 Å². The van der Waals surface area contributed by atoms with Crippen molar-refractivity contribution < 1.29 is 37.6 Å². The fourth-order valence-corrected chi connectivity index (χ4v) is 9.32. The zero-order chi connectivity index (χ0) is 48.8. The molecule has 9 nitrogen and oxygen atoms in total. The summed E-state index contributed by atoms with van der Waals surface area (Å²) in [6.45, 7) is 3.76. The van der Waals surface area contributed by atoms with E-state index in [1.54, 1.807) is 0 Å². The van der Waals surface area contributed by atoms with E-state index >= 15 is 0 Å². The van der Waals surface area contributed by atoms with Gasteiger partial charge in [0.05, 0.1) is 13.2 Å². The van der Waals surface area contributed by atoms with E-state index in [9.17, 15) is 19.0 Å². The van der Waals surface area contributed by atoms with Crippen molar-refractivity contribution in [3.63, 3.8) is 0 Å². The Labute approximate surface area is 414 Å². The van der Waals surface area contributed by atoms with Crippen LogP contribution in [0.15, 0.2) is 24.3 Å². The summed E-state index contributed by atoms with van der Waals surface area (Å²) in [6, 6.07) is 0. The normalized spacial score (nSPS) is 13.2. The molecular weight excluding hydrogens is 858 g/mol. The van der Waals surface area contributed by atoms with Crippen molar-refractivity contribution in [1.82, 2.24) is 0 Å². The van der Waals surface area contributed by atoms with E-state index in [1.165, 1.54) is 225 Å². The third-order valence-corrected chi connectivity index (χ3v) is 13.8. The predicted molar refractivity (Wildman–Crippen MR) is 284 cm³/mol. The van der Waals surface area contributed by atoms with Crippen LogP contribution in [0.3, 0.4) is 0 Å². The quantitative estimate of drug-likeness (QED) is 0.0264. The highest BCUT2D eigenvalue weighted by Gasteiger charge is 2.26. The monoisotopic (exact) mass is 968 g/mol. The van der Waals surface area contributed by atoms with Crippen LogP contribution in [0.1, 0.15) is 296 Å². The first-order chi connectivity index (χ1) is 32.8. The molecule has 0 aromatic heterocycles. The molecule has 0 aliphatic rings. The molecule has 3 N–H and O–H groups in total. The summed E-state index contributed by atoms with van der Waals surface area (Å²) in [6.07, 6.45) is 62.6. The van der Waals surface area contributed by atoms with Crippen LogP contribution < -0.4 is 5.73 Å². The Balaban J connectivity index is 3.76. The maximum atomic E-state index is 12.7. The van der Waals surface area contributed by atoms with E-state index in [0.717, 1.165) is 38.5 Å². The Morgan fingerprint density at radius 1 is 0.448 bits per heavy atom. The van der Waals surface area contributed by atoms with Crippen molar-refractivity contribution in [2.45, 2.75) is 302 Å². The van der Waals surface area contributed by atoms with Gasteiger partial charge in [-0.25, -0.2) is 4.57 Å². The predicted octanol–water partition coefficient (Wildman–Crippen LogP) is 17.9. The molecule has 10 heteroatoms. The number of unbranched alkanes of at least 4 members (excludes halogenated alkanes) is 38. The molecule has 0 saturated heterocycles. The van der Waals surface area contributed by atoms with Crippen LogP contribution in [0.2, 0.25) is 0 Å². The Bertz CT molecular complexity index is 1150. The minimum absolute atomic E-state index is 0.0568. The van der Waals surface area contributed by atoms with Crippen molar-refractivity contribution in [3.05, 3.63) is 24.3 Å². The van der Waals surface area contributed by atoms with Crippen molar-refractivity contribution in [2.75, 3.05) is 26.4 Å². The van der Waals surface area contributed by atoms with Crippen molar-refractivity contribution >= 4 is 19.8 Å². The number of phosphoric ester groups is 1. The average molecular weight is 968 g/mol. The lowest BCUT2D eigenvalue weighted by molar-refractivity contribution is -0.161. The van der Waals surface area contributed by atoms with Crippen LogP contribution in [-0.4, -0.2) is 49.3 Å². The molecule has 0 aromatic carbocycles. The van der Waals surface area contributed by atoms with Gasteiger partial charge >= 0.3 is 19.8 Å². The molecule has 67 heavy (non-hydrogen) atoms. The van der Waals surface area contributed by atoms with Crippen LogP contribution >= 0.6 is 7.82 Å². The van der Waals surface area contributed by atoms with Gasteiger partial charge in [-0.15, -0.1) is 0 Å². The fraction of sp³-hybridized carbons (Fsp3) is 0.895. The third kappa shape index (κ3) is 53.7. The van der Waals surface area contributed by atoms with Gasteiger partial charge in [0.15, 0.2) is 6.10 Å². The number of phosphoric acid groups is 1. The second-order valence-corrected chi connectivity index (χ2v) is 21.0. The molecule has 0 aliphatic carbocycles. The number of nitrogens with two attached hydrogens (primary N) is 1. The number of carbonyl (C=O) groups is 2. The smallest absolute Gasteiger partial charge is 0.462 e. The summed E-state index contributed by atoms with van der Waals surface area (Å²) >= 11 is 0. The highest BCUT2D eigenvalue weighted by Crippen LogP contribution is 2.43. The van der Waals surface area contributed by atoms with Gasteiger partial charge in [0.1, 0.15) is 6.61 Å². The molecule has 0 spiro atoms. The maximum absolute atomic E-state index is 12.7. The molecule has 0 radical (unpaired) electrons. The first kappa shape index (κ1) is 65.5. The van der Waals surface area contributed by atoms with Gasteiger partial charge in [0.2, 0.25) is 0 Å². The van der Waals surface area contributed by atoms with Gasteiger partial charge in [-0.2, -0.15) is 0 Å². The first-order valence-corrected chi connectivity index (χ1v) is 30.3. The minimum atomic E-state index is -4.37. The van der Waals surface area contributed by atoms with Crippen LogP contribution in [-0.2, 0) is 32.7 Å². The molecule has 0 aromatic rings. The van der Waals surface area contributed by atoms with E-state index in [2.05, 4.69) is 38.2 Å². The highest BCUT2D eigenvalue weighted by molar-refractivity contribution is 7.47. The van der Waals surface area contributed by atoms with Crippen LogP contribution in [0, 0.1) is 0 Å². The Hall–Kier alpha value is -1.51. The van der Waals surface area contributed by atoms with E-state index in [4.69, 9.17) is 24.3 Å². The highest BCUT2D eigenvalue weighted by atomic mass is 31.2. The second-order valence-electron chi connectivity index (χ2n) is 19.5. The lowest BCUT2D eigenvalue weighted by Crippen LogP contribution is -2.29. The molecule has 0 bridgehead atoms. The van der Waals surface area contributed by atoms with Gasteiger partial charge in [-0.1, -0.05) is 263 Å². The lowest BCUT2D eigenvalue weighted by Gasteiger charge is -2.19. The van der Waals surface area contributed by atoms with E-state index in [-0.39, 0.29) is 38.6 Å². The molecule has 396 valence electrons. The minimum Gasteiger partial charge on any atom is -0.462 e. The SMILES string of the molecule is CCCCCCC/C=C\C/C=C\CCCCCCCCCCCCCCCCCCCCCCCCCC(=O)OC(COC(=O)CCCCCCCCCCCCC)COP(=O)(O)OCCN. The molecule has 0 heterocycles. The Kier molecular flexibility index (Phi) is 52.6. The third-order valence-electron chi connectivity index (χ3n) is 12.8. The number of esters is 2. The van der Waals surface area contributed by atoms with E-state index < -0.39 is 26.5 Å². The maximum Gasteiger partial charge on any atom is 0.472 e. The van der Waals surface area contributed by atoms with E-state index in [0.29, 0.717) is 6.42 Å². The van der Waals surface area contributed by atoms with Gasteiger partial charge in [-0.3, -0.25) is 18.6 Å². The Morgan fingerprint density at radius 3 is 1.13 bits per heavy atom. The molecule has 0 amide bonds. The molecule has 2 atom stereocenters. The summed E-state index contributed by atoms with van der Waals surface area (Å²) < 4.78 is 32.9. The molecule has 0 rings (SSSR count). The molecule has 0 aliphatic heterocycles. The van der Waals surface area contributed by atoms with Gasteiger partial charge < -0.3 is 20.1 Å². The number of carbonyl (C=O) groups excluding carboxylic acids is 2. The molecule has 0 saturated carbocycles. The van der Waals surface area contributed by atoms with Crippen molar-refractivity contribution in [3.8, 4) is 0 Å². The van der Waals surface area contributed by atoms with Gasteiger partial charge in [0, 0.05) is 19.4 Å². The first-order valence-electron chi connectivity index (χ1n) is 28.8. The summed E-state index contributed by atoms with van der Waals surface area (Å²) in [4.78, 5) is 35.0. The fourth-order valence-electron chi connectivity index (χ4n) is 8.55. The van der Waals surface area contributed by atoms with Crippen LogP contribution in [0.4, 0.5) is 0 Å². The lowest BCUT2D eigenvalue weighted by atomic mass is 10.0. The van der Waals surface area contributed by atoms with Gasteiger partial charge in [-0.05, 0) is 44.9 Å². The van der Waals surface area contributed by atoms with Crippen LogP contribution in [0.25, 0.3) is 0 Å². The van der Waals surface area contributed by atoms with Crippen LogP contribution in [0.5, 0.6) is 0 Å². The topological polar surface area (TPSA) is 134 Å². The zero-order valence-corrected chi connectivity index (χ0v) is 45.1. The number of hydrogen-bond donors (Lipinski definition) is 2. The average Bonchev–Trinajstić information content (AvgIpc) is 3.32. The molecule has 0 fully saturated rings. The number of rotatable bonds is 55.